The Morgan fingerprint density at radius 3 is 2.69 bits per heavy atom. The van der Waals surface area contributed by atoms with Crippen molar-refractivity contribution >= 4 is 28.6 Å². The van der Waals surface area contributed by atoms with Crippen molar-refractivity contribution in [3.63, 3.8) is 0 Å². The largest absolute Gasteiger partial charge is 0.459 e. The first-order chi connectivity index (χ1) is 14.1. The van der Waals surface area contributed by atoms with Gasteiger partial charge in [-0.1, -0.05) is 60.3 Å². The van der Waals surface area contributed by atoms with Crippen molar-refractivity contribution in [2.75, 3.05) is 5.75 Å². The first kappa shape index (κ1) is 19.3. The van der Waals surface area contributed by atoms with Crippen molar-refractivity contribution < 1.29 is 9.21 Å². The third-order valence-electron chi connectivity index (χ3n) is 4.67. The normalized spacial score (nSPS) is 12.2. The topological polar surface area (TPSA) is 73.0 Å². The molecule has 1 atom stereocenters. The van der Waals surface area contributed by atoms with Gasteiger partial charge < -0.3 is 14.3 Å². The lowest BCUT2D eigenvalue weighted by atomic mass is 10.2. The van der Waals surface area contributed by atoms with Crippen molar-refractivity contribution in [2.24, 2.45) is 0 Å². The number of rotatable bonds is 7. The average molecular weight is 407 g/mol. The van der Waals surface area contributed by atoms with E-state index in [1.54, 1.807) is 0 Å². The number of benzene rings is 2. The molecule has 2 aromatic heterocycles. The summed E-state index contributed by atoms with van der Waals surface area (Å²) in [7, 11) is 0. The second kappa shape index (κ2) is 8.53. The maximum absolute atomic E-state index is 12.5. The zero-order valence-corrected chi connectivity index (χ0v) is 17.1. The molecule has 7 heteroatoms. The Labute approximate surface area is 173 Å². The number of furan rings is 1. The Kier molecular flexibility index (Phi) is 5.67. The number of amides is 1. The fraction of sp³-hybridized carbons (Fsp3) is 0.227. The molecular weight excluding hydrogens is 384 g/mol. The molecule has 4 aromatic rings. The lowest BCUT2D eigenvalue weighted by molar-refractivity contribution is -0.119. The molecule has 0 bridgehead atoms. The number of aryl methyl sites for hydroxylation is 1. The van der Waals surface area contributed by atoms with E-state index in [0.717, 1.165) is 27.7 Å². The fourth-order valence-electron chi connectivity index (χ4n) is 3.12. The molecule has 0 saturated carbocycles. The molecule has 0 spiro atoms. The van der Waals surface area contributed by atoms with Gasteiger partial charge >= 0.3 is 0 Å². The van der Waals surface area contributed by atoms with Crippen LogP contribution in [0.5, 0.6) is 0 Å². The molecule has 148 valence electrons. The van der Waals surface area contributed by atoms with E-state index in [1.165, 1.54) is 17.3 Å². The van der Waals surface area contributed by atoms with Crippen LogP contribution in [-0.2, 0) is 11.3 Å². The molecule has 0 fully saturated rings. The number of fused-ring (bicyclic) bond motifs is 1. The summed E-state index contributed by atoms with van der Waals surface area (Å²) in [6.07, 6.45) is 0. The summed E-state index contributed by atoms with van der Waals surface area (Å²) in [5.74, 6) is 1.76. The standard InChI is InChI=1S/C22H22N4O2S/c1-15(20-12-18-10-6-7-11-19(18)28-20)23-21(27)14-29-22-25-24-16(2)26(22)13-17-8-4-3-5-9-17/h3-12,15H,13-14H2,1-2H3,(H,23,27). The minimum Gasteiger partial charge on any atom is -0.459 e. The first-order valence-electron chi connectivity index (χ1n) is 9.44. The van der Waals surface area contributed by atoms with Gasteiger partial charge in [-0.3, -0.25) is 4.79 Å². The van der Waals surface area contributed by atoms with E-state index >= 15 is 0 Å². The zero-order valence-electron chi connectivity index (χ0n) is 16.3. The SMILES string of the molecule is Cc1nnc(SCC(=O)NC(C)c2cc3ccccc3o2)n1Cc1ccccc1. The average Bonchev–Trinajstić information content (AvgIpc) is 3.31. The number of nitrogens with zero attached hydrogens (tertiary/aromatic N) is 3. The Morgan fingerprint density at radius 2 is 1.90 bits per heavy atom. The van der Waals surface area contributed by atoms with Crippen LogP contribution in [0.15, 0.2) is 70.2 Å². The summed E-state index contributed by atoms with van der Waals surface area (Å²) in [5.41, 5.74) is 1.99. The van der Waals surface area contributed by atoms with Gasteiger partial charge in [0.25, 0.3) is 0 Å². The van der Waals surface area contributed by atoms with Crippen molar-refractivity contribution in [2.45, 2.75) is 31.6 Å². The van der Waals surface area contributed by atoms with E-state index in [0.29, 0.717) is 6.54 Å². The van der Waals surface area contributed by atoms with E-state index in [-0.39, 0.29) is 17.7 Å². The highest BCUT2D eigenvalue weighted by molar-refractivity contribution is 7.99. The fourth-order valence-corrected chi connectivity index (χ4v) is 3.91. The van der Waals surface area contributed by atoms with Crippen LogP contribution in [0, 0.1) is 6.92 Å². The summed E-state index contributed by atoms with van der Waals surface area (Å²) in [4.78, 5) is 12.5. The number of para-hydroxylation sites is 1. The van der Waals surface area contributed by atoms with Crippen LogP contribution in [0.25, 0.3) is 11.0 Å². The minimum absolute atomic E-state index is 0.0742. The molecule has 6 nitrogen and oxygen atoms in total. The molecule has 1 amide bonds. The molecule has 2 heterocycles. The molecule has 2 aromatic carbocycles. The van der Waals surface area contributed by atoms with Gasteiger partial charge in [0.05, 0.1) is 18.3 Å². The third-order valence-corrected chi connectivity index (χ3v) is 5.63. The number of hydrogen-bond donors (Lipinski definition) is 1. The molecule has 0 aliphatic carbocycles. The van der Waals surface area contributed by atoms with E-state index in [2.05, 4.69) is 27.6 Å². The van der Waals surface area contributed by atoms with Gasteiger partial charge in [-0.2, -0.15) is 0 Å². The van der Waals surface area contributed by atoms with Gasteiger partial charge in [0, 0.05) is 5.39 Å². The lowest BCUT2D eigenvalue weighted by Crippen LogP contribution is -2.28. The van der Waals surface area contributed by atoms with E-state index in [1.807, 2.05) is 66.9 Å². The van der Waals surface area contributed by atoms with Crippen molar-refractivity contribution in [3.05, 3.63) is 77.8 Å². The summed E-state index contributed by atoms with van der Waals surface area (Å²) >= 11 is 1.38. The van der Waals surface area contributed by atoms with Gasteiger partial charge in [-0.05, 0) is 31.5 Å². The Morgan fingerprint density at radius 1 is 1.14 bits per heavy atom. The Bertz CT molecular complexity index is 1090. The van der Waals surface area contributed by atoms with Gasteiger partial charge in [-0.25, -0.2) is 0 Å². The summed E-state index contributed by atoms with van der Waals surface area (Å²) in [6.45, 7) is 4.52. The monoisotopic (exact) mass is 406 g/mol. The van der Waals surface area contributed by atoms with Gasteiger partial charge in [-0.15, -0.1) is 10.2 Å². The van der Waals surface area contributed by atoms with Crippen LogP contribution in [0.3, 0.4) is 0 Å². The zero-order chi connectivity index (χ0) is 20.2. The number of aromatic nitrogens is 3. The van der Waals surface area contributed by atoms with E-state index in [4.69, 9.17) is 4.42 Å². The summed E-state index contributed by atoms with van der Waals surface area (Å²) < 4.78 is 7.86. The molecule has 0 radical (unpaired) electrons. The number of carbonyl (C=O) groups excluding carboxylic acids is 1. The van der Waals surface area contributed by atoms with Crippen molar-refractivity contribution in [1.82, 2.24) is 20.1 Å². The van der Waals surface area contributed by atoms with Gasteiger partial charge in [0.1, 0.15) is 17.2 Å². The molecule has 0 aliphatic rings. The van der Waals surface area contributed by atoms with Crippen LogP contribution in [0.1, 0.15) is 30.1 Å². The highest BCUT2D eigenvalue weighted by Gasteiger charge is 2.16. The highest BCUT2D eigenvalue weighted by atomic mass is 32.2. The summed E-state index contributed by atoms with van der Waals surface area (Å²) in [6, 6.07) is 19.7. The van der Waals surface area contributed by atoms with Crippen LogP contribution in [0.4, 0.5) is 0 Å². The van der Waals surface area contributed by atoms with E-state index < -0.39 is 0 Å². The molecule has 1 N–H and O–H groups in total. The second-order valence-electron chi connectivity index (χ2n) is 6.87. The quantitative estimate of drug-likeness (QED) is 0.462. The Hall–Kier alpha value is -3.06. The maximum Gasteiger partial charge on any atom is 0.231 e. The third kappa shape index (κ3) is 4.51. The van der Waals surface area contributed by atoms with Crippen LogP contribution < -0.4 is 5.32 Å². The molecule has 0 saturated heterocycles. The predicted octanol–water partition coefficient (Wildman–Crippen LogP) is 4.35. The maximum atomic E-state index is 12.5. The van der Waals surface area contributed by atoms with Crippen LogP contribution >= 0.6 is 11.8 Å². The Balaban J connectivity index is 1.37. The molecular formula is C22H22N4O2S. The van der Waals surface area contributed by atoms with Gasteiger partial charge in [0.2, 0.25) is 5.91 Å². The number of nitrogens with one attached hydrogen (secondary N) is 1. The van der Waals surface area contributed by atoms with E-state index in [9.17, 15) is 4.79 Å². The molecule has 29 heavy (non-hydrogen) atoms. The smallest absolute Gasteiger partial charge is 0.231 e. The highest BCUT2D eigenvalue weighted by Crippen LogP contribution is 2.24. The van der Waals surface area contributed by atoms with Crippen LogP contribution in [-0.4, -0.2) is 26.4 Å². The summed E-state index contributed by atoms with van der Waals surface area (Å²) in [5, 5.41) is 13.2. The van der Waals surface area contributed by atoms with Crippen LogP contribution in [0.2, 0.25) is 0 Å². The number of thioether (sulfide) groups is 1. The number of hydrogen-bond acceptors (Lipinski definition) is 5. The molecule has 0 aliphatic heterocycles. The van der Waals surface area contributed by atoms with Gasteiger partial charge in [0.15, 0.2) is 5.16 Å². The van der Waals surface area contributed by atoms with Crippen molar-refractivity contribution in [3.8, 4) is 0 Å². The minimum atomic E-state index is -0.209. The number of carbonyl (C=O) groups is 1. The first-order valence-corrected chi connectivity index (χ1v) is 10.4. The van der Waals surface area contributed by atoms with Crippen molar-refractivity contribution in [1.29, 1.82) is 0 Å². The predicted molar refractivity (Wildman–Crippen MR) is 114 cm³/mol. The lowest BCUT2D eigenvalue weighted by Gasteiger charge is -2.12. The molecule has 4 rings (SSSR count). The second-order valence-corrected chi connectivity index (χ2v) is 7.81. The molecule has 1 unspecified atom stereocenters.